The molecule has 0 bridgehead atoms. The highest BCUT2D eigenvalue weighted by Gasteiger charge is 2.16. The summed E-state index contributed by atoms with van der Waals surface area (Å²) >= 11 is 6.22. The molecule has 3 rings (SSSR count). The SMILES string of the molecule is COc1ccc(-c2nnc(Cl)c3cc(OC)cc(OC)c23)cc1. The molecular weight excluding hydrogens is 316 g/mol. The number of fused-ring (bicyclic) bond motifs is 1. The molecule has 1 heterocycles. The van der Waals surface area contributed by atoms with Gasteiger partial charge in [-0.15, -0.1) is 10.2 Å². The lowest BCUT2D eigenvalue weighted by Crippen LogP contribution is -1.96. The van der Waals surface area contributed by atoms with Gasteiger partial charge in [0.15, 0.2) is 5.15 Å². The predicted molar refractivity (Wildman–Crippen MR) is 89.6 cm³/mol. The van der Waals surface area contributed by atoms with Crippen LogP contribution < -0.4 is 14.2 Å². The van der Waals surface area contributed by atoms with Gasteiger partial charge in [-0.2, -0.15) is 0 Å². The van der Waals surface area contributed by atoms with Crippen LogP contribution in [0.15, 0.2) is 36.4 Å². The van der Waals surface area contributed by atoms with Crippen molar-refractivity contribution >= 4 is 22.4 Å². The summed E-state index contributed by atoms with van der Waals surface area (Å²) in [5, 5.41) is 10.1. The Bertz CT molecular complexity index is 851. The number of hydrogen-bond donors (Lipinski definition) is 0. The molecule has 0 fully saturated rings. The Morgan fingerprint density at radius 3 is 2.13 bits per heavy atom. The zero-order valence-electron chi connectivity index (χ0n) is 13.0. The monoisotopic (exact) mass is 330 g/mol. The van der Waals surface area contributed by atoms with E-state index in [0.29, 0.717) is 22.3 Å². The van der Waals surface area contributed by atoms with Gasteiger partial charge in [0.1, 0.15) is 22.9 Å². The van der Waals surface area contributed by atoms with Crippen molar-refractivity contribution in [3.8, 4) is 28.5 Å². The van der Waals surface area contributed by atoms with Crippen LogP contribution in [0, 0.1) is 0 Å². The first-order valence-corrected chi connectivity index (χ1v) is 7.28. The lowest BCUT2D eigenvalue weighted by atomic mass is 10.0. The van der Waals surface area contributed by atoms with Gasteiger partial charge in [-0.3, -0.25) is 0 Å². The van der Waals surface area contributed by atoms with E-state index in [9.17, 15) is 0 Å². The number of hydrogen-bond acceptors (Lipinski definition) is 5. The zero-order chi connectivity index (χ0) is 16.4. The van der Waals surface area contributed by atoms with Gasteiger partial charge in [-0.05, 0) is 30.3 Å². The van der Waals surface area contributed by atoms with E-state index in [-0.39, 0.29) is 0 Å². The summed E-state index contributed by atoms with van der Waals surface area (Å²) in [4.78, 5) is 0. The molecule has 0 amide bonds. The summed E-state index contributed by atoms with van der Waals surface area (Å²) in [7, 11) is 4.82. The fourth-order valence-electron chi connectivity index (χ4n) is 2.42. The zero-order valence-corrected chi connectivity index (χ0v) is 13.7. The molecule has 118 valence electrons. The third-order valence-electron chi connectivity index (χ3n) is 3.59. The van der Waals surface area contributed by atoms with Gasteiger partial charge in [0, 0.05) is 17.0 Å². The molecule has 0 radical (unpaired) electrons. The van der Waals surface area contributed by atoms with E-state index in [1.54, 1.807) is 27.4 Å². The summed E-state index contributed by atoms with van der Waals surface area (Å²) in [5.74, 6) is 2.04. The van der Waals surface area contributed by atoms with E-state index < -0.39 is 0 Å². The van der Waals surface area contributed by atoms with Crippen molar-refractivity contribution in [3.63, 3.8) is 0 Å². The lowest BCUT2D eigenvalue weighted by Gasteiger charge is -2.12. The number of benzene rings is 2. The Morgan fingerprint density at radius 2 is 1.52 bits per heavy atom. The highest BCUT2D eigenvalue weighted by Crippen LogP contribution is 2.39. The number of aromatic nitrogens is 2. The van der Waals surface area contributed by atoms with Gasteiger partial charge in [-0.25, -0.2) is 0 Å². The lowest BCUT2D eigenvalue weighted by molar-refractivity contribution is 0.398. The summed E-state index contributed by atoms with van der Waals surface area (Å²) in [6, 6.07) is 11.2. The fraction of sp³-hybridized carbons (Fsp3) is 0.176. The predicted octanol–water partition coefficient (Wildman–Crippen LogP) is 3.98. The van der Waals surface area contributed by atoms with E-state index in [2.05, 4.69) is 10.2 Å². The molecule has 1 aromatic heterocycles. The van der Waals surface area contributed by atoms with Crippen molar-refractivity contribution in [1.29, 1.82) is 0 Å². The van der Waals surface area contributed by atoms with Crippen LogP contribution in [0.5, 0.6) is 17.2 Å². The number of rotatable bonds is 4. The molecule has 0 atom stereocenters. The Kier molecular flexibility index (Phi) is 4.21. The molecule has 0 aliphatic rings. The molecule has 23 heavy (non-hydrogen) atoms. The second-order valence-corrected chi connectivity index (χ2v) is 5.18. The van der Waals surface area contributed by atoms with Crippen LogP contribution in [-0.2, 0) is 0 Å². The molecule has 0 aliphatic carbocycles. The summed E-state index contributed by atoms with van der Waals surface area (Å²) in [5.41, 5.74) is 1.58. The maximum atomic E-state index is 6.22. The quantitative estimate of drug-likeness (QED) is 0.724. The Balaban J connectivity index is 2.30. The van der Waals surface area contributed by atoms with Gasteiger partial charge in [-0.1, -0.05) is 11.6 Å². The van der Waals surface area contributed by atoms with Crippen LogP contribution in [0.4, 0.5) is 0 Å². The first-order chi connectivity index (χ1) is 11.2. The van der Waals surface area contributed by atoms with E-state index >= 15 is 0 Å². The molecule has 3 aromatic rings. The van der Waals surface area contributed by atoms with Crippen LogP contribution >= 0.6 is 11.6 Å². The third kappa shape index (κ3) is 2.75. The number of halogens is 1. The average molecular weight is 331 g/mol. The Hall–Kier alpha value is -2.53. The molecule has 0 N–H and O–H groups in total. The van der Waals surface area contributed by atoms with Crippen LogP contribution in [0.3, 0.4) is 0 Å². The molecule has 0 aliphatic heterocycles. The minimum atomic E-state index is 0.300. The molecule has 0 saturated carbocycles. The normalized spacial score (nSPS) is 10.6. The second-order valence-electron chi connectivity index (χ2n) is 4.82. The molecule has 0 spiro atoms. The van der Waals surface area contributed by atoms with Gasteiger partial charge in [0.25, 0.3) is 0 Å². The third-order valence-corrected chi connectivity index (χ3v) is 3.87. The van der Waals surface area contributed by atoms with Crippen molar-refractivity contribution in [2.75, 3.05) is 21.3 Å². The standard InChI is InChI=1S/C17H15ClN2O3/c1-21-11-6-4-10(5-7-11)16-15-13(17(18)20-19-16)8-12(22-2)9-14(15)23-3/h4-9H,1-3H3. The van der Waals surface area contributed by atoms with Crippen LogP contribution in [0.25, 0.3) is 22.0 Å². The van der Waals surface area contributed by atoms with Crippen LogP contribution in [-0.4, -0.2) is 31.5 Å². The fourth-order valence-corrected chi connectivity index (χ4v) is 2.61. The number of ether oxygens (including phenoxy) is 3. The van der Waals surface area contributed by atoms with Gasteiger partial charge >= 0.3 is 0 Å². The number of methoxy groups -OCH3 is 3. The smallest absolute Gasteiger partial charge is 0.159 e. The summed E-state index contributed by atoms with van der Waals surface area (Å²) < 4.78 is 16.0. The highest BCUT2D eigenvalue weighted by atomic mass is 35.5. The topological polar surface area (TPSA) is 53.5 Å². The molecule has 0 saturated heterocycles. The largest absolute Gasteiger partial charge is 0.497 e. The Morgan fingerprint density at radius 1 is 0.826 bits per heavy atom. The molecule has 5 nitrogen and oxygen atoms in total. The molecule has 2 aromatic carbocycles. The summed E-state index contributed by atoms with van der Waals surface area (Å²) in [6.45, 7) is 0. The highest BCUT2D eigenvalue weighted by molar-refractivity contribution is 6.34. The van der Waals surface area contributed by atoms with Gasteiger partial charge < -0.3 is 14.2 Å². The van der Waals surface area contributed by atoms with E-state index in [1.165, 1.54) is 0 Å². The van der Waals surface area contributed by atoms with E-state index in [4.69, 9.17) is 25.8 Å². The van der Waals surface area contributed by atoms with Gasteiger partial charge in [0.05, 0.1) is 26.7 Å². The van der Waals surface area contributed by atoms with Crippen molar-refractivity contribution in [3.05, 3.63) is 41.6 Å². The maximum absolute atomic E-state index is 6.22. The second kappa shape index (κ2) is 6.30. The van der Waals surface area contributed by atoms with E-state index in [1.807, 2.05) is 30.3 Å². The first kappa shape index (κ1) is 15.4. The van der Waals surface area contributed by atoms with E-state index in [0.717, 1.165) is 22.1 Å². The number of nitrogens with zero attached hydrogens (tertiary/aromatic N) is 2. The van der Waals surface area contributed by atoms with Crippen LogP contribution in [0.2, 0.25) is 5.15 Å². The van der Waals surface area contributed by atoms with Crippen molar-refractivity contribution in [1.82, 2.24) is 10.2 Å². The van der Waals surface area contributed by atoms with Gasteiger partial charge in [0.2, 0.25) is 0 Å². The first-order valence-electron chi connectivity index (χ1n) is 6.90. The minimum Gasteiger partial charge on any atom is -0.497 e. The van der Waals surface area contributed by atoms with Crippen molar-refractivity contribution < 1.29 is 14.2 Å². The van der Waals surface area contributed by atoms with Crippen molar-refractivity contribution in [2.24, 2.45) is 0 Å². The minimum absolute atomic E-state index is 0.300. The van der Waals surface area contributed by atoms with Crippen LogP contribution in [0.1, 0.15) is 0 Å². The summed E-state index contributed by atoms with van der Waals surface area (Å²) in [6.07, 6.45) is 0. The van der Waals surface area contributed by atoms with Crippen molar-refractivity contribution in [2.45, 2.75) is 0 Å². The maximum Gasteiger partial charge on any atom is 0.159 e. The average Bonchev–Trinajstić information content (AvgIpc) is 2.61. The molecular formula is C17H15ClN2O3. The molecule has 6 heteroatoms. The molecule has 0 unspecified atom stereocenters. The Labute approximate surface area is 138 Å².